The Morgan fingerprint density at radius 3 is 2.35 bits per heavy atom. The van der Waals surface area contributed by atoms with Crippen molar-refractivity contribution >= 4 is 5.91 Å². The molecule has 0 aromatic heterocycles. The lowest BCUT2D eigenvalue weighted by molar-refractivity contribution is 0.0885. The van der Waals surface area contributed by atoms with E-state index in [1.54, 1.807) is 12.1 Å². The van der Waals surface area contributed by atoms with Crippen LogP contribution in [0.4, 0.5) is 0 Å². The van der Waals surface area contributed by atoms with E-state index in [1.807, 2.05) is 18.2 Å². The Bertz CT molecular complexity index is 354. The fourth-order valence-electron chi connectivity index (χ4n) is 1.68. The number of aliphatic hydroxyl groups is 1. The average molecular weight is 235 g/mol. The predicted octanol–water partition coefficient (Wildman–Crippen LogP) is 2.21. The van der Waals surface area contributed by atoms with E-state index in [-0.39, 0.29) is 24.0 Å². The van der Waals surface area contributed by atoms with Crippen molar-refractivity contribution in [3.05, 3.63) is 35.9 Å². The predicted molar refractivity (Wildman–Crippen MR) is 68.9 cm³/mol. The van der Waals surface area contributed by atoms with Crippen LogP contribution in [-0.2, 0) is 0 Å². The molecule has 0 bridgehead atoms. The molecule has 3 heteroatoms. The molecule has 0 aliphatic heterocycles. The van der Waals surface area contributed by atoms with Gasteiger partial charge in [0.05, 0.1) is 0 Å². The van der Waals surface area contributed by atoms with Gasteiger partial charge in [0.15, 0.2) is 0 Å². The maximum Gasteiger partial charge on any atom is 0.251 e. The summed E-state index contributed by atoms with van der Waals surface area (Å²) in [6.45, 7) is 6.24. The molecule has 1 unspecified atom stereocenters. The summed E-state index contributed by atoms with van der Waals surface area (Å²) in [4.78, 5) is 12.0. The second-order valence-corrected chi connectivity index (χ2v) is 5.27. The Morgan fingerprint density at radius 2 is 1.88 bits per heavy atom. The zero-order chi connectivity index (χ0) is 12.9. The third-order valence-electron chi connectivity index (χ3n) is 2.80. The Morgan fingerprint density at radius 1 is 1.29 bits per heavy atom. The Labute approximate surface area is 103 Å². The van der Waals surface area contributed by atoms with Gasteiger partial charge in [0.2, 0.25) is 0 Å². The topological polar surface area (TPSA) is 49.3 Å². The van der Waals surface area contributed by atoms with Crippen molar-refractivity contribution < 1.29 is 9.90 Å². The van der Waals surface area contributed by atoms with Crippen LogP contribution >= 0.6 is 0 Å². The van der Waals surface area contributed by atoms with Gasteiger partial charge >= 0.3 is 0 Å². The van der Waals surface area contributed by atoms with Gasteiger partial charge in [0.25, 0.3) is 5.91 Å². The van der Waals surface area contributed by atoms with E-state index in [0.29, 0.717) is 12.0 Å². The van der Waals surface area contributed by atoms with Crippen LogP contribution in [0.3, 0.4) is 0 Å². The number of hydrogen-bond acceptors (Lipinski definition) is 2. The molecule has 2 N–H and O–H groups in total. The van der Waals surface area contributed by atoms with Crippen LogP contribution in [-0.4, -0.2) is 23.7 Å². The molecule has 0 saturated carbocycles. The first-order chi connectivity index (χ1) is 7.95. The van der Waals surface area contributed by atoms with Gasteiger partial charge in [-0.05, 0) is 24.0 Å². The van der Waals surface area contributed by atoms with E-state index in [1.165, 1.54) is 0 Å². The van der Waals surface area contributed by atoms with Gasteiger partial charge in [0, 0.05) is 18.2 Å². The quantitative estimate of drug-likeness (QED) is 0.840. The highest BCUT2D eigenvalue weighted by Crippen LogP contribution is 2.21. The molecule has 0 spiro atoms. The number of benzene rings is 1. The average Bonchev–Trinajstić information content (AvgIpc) is 2.28. The molecule has 0 aliphatic carbocycles. The Balaban J connectivity index is 2.71. The fraction of sp³-hybridized carbons (Fsp3) is 0.500. The second kappa shape index (κ2) is 5.82. The normalized spacial score (nSPS) is 13.2. The fourth-order valence-corrected chi connectivity index (χ4v) is 1.68. The summed E-state index contributed by atoms with van der Waals surface area (Å²) >= 11 is 0. The van der Waals surface area contributed by atoms with E-state index in [2.05, 4.69) is 26.1 Å². The van der Waals surface area contributed by atoms with Crippen molar-refractivity contribution in [1.82, 2.24) is 5.32 Å². The van der Waals surface area contributed by atoms with E-state index in [0.717, 1.165) is 0 Å². The smallest absolute Gasteiger partial charge is 0.251 e. The molecule has 0 radical (unpaired) electrons. The second-order valence-electron chi connectivity index (χ2n) is 5.27. The molecule has 3 nitrogen and oxygen atoms in total. The number of carbonyl (C=O) groups is 1. The molecule has 94 valence electrons. The third-order valence-corrected chi connectivity index (χ3v) is 2.80. The first-order valence-corrected chi connectivity index (χ1v) is 5.92. The minimum atomic E-state index is -0.0843. The van der Waals surface area contributed by atoms with E-state index in [4.69, 9.17) is 5.11 Å². The van der Waals surface area contributed by atoms with Crippen molar-refractivity contribution in [2.24, 2.45) is 5.41 Å². The number of amides is 1. The first kappa shape index (κ1) is 13.7. The lowest BCUT2D eigenvalue weighted by atomic mass is 9.85. The van der Waals surface area contributed by atoms with Gasteiger partial charge < -0.3 is 10.4 Å². The van der Waals surface area contributed by atoms with E-state index in [9.17, 15) is 4.79 Å². The summed E-state index contributed by atoms with van der Waals surface area (Å²) in [6.07, 6.45) is 0.572. The van der Waals surface area contributed by atoms with Crippen molar-refractivity contribution in [3.63, 3.8) is 0 Å². The molecule has 1 atom stereocenters. The molecule has 0 fully saturated rings. The van der Waals surface area contributed by atoms with Crippen LogP contribution in [0.1, 0.15) is 37.6 Å². The van der Waals surface area contributed by atoms with Crippen LogP contribution in [0.25, 0.3) is 0 Å². The summed E-state index contributed by atoms with van der Waals surface area (Å²) < 4.78 is 0. The molecule has 0 heterocycles. The number of hydrogen-bond donors (Lipinski definition) is 2. The zero-order valence-electron chi connectivity index (χ0n) is 10.7. The highest BCUT2D eigenvalue weighted by atomic mass is 16.3. The summed E-state index contributed by atoms with van der Waals surface area (Å²) in [6, 6.07) is 9.11. The van der Waals surface area contributed by atoms with Crippen molar-refractivity contribution in [3.8, 4) is 0 Å². The minimum absolute atomic E-state index is 0.0276. The monoisotopic (exact) mass is 235 g/mol. The van der Waals surface area contributed by atoms with Crippen LogP contribution in [0.5, 0.6) is 0 Å². The highest BCUT2D eigenvalue weighted by molar-refractivity contribution is 5.94. The molecule has 17 heavy (non-hydrogen) atoms. The summed E-state index contributed by atoms with van der Waals surface area (Å²) in [5, 5.41) is 12.0. The number of nitrogens with one attached hydrogen (secondary N) is 1. The molecule has 1 aromatic carbocycles. The van der Waals surface area contributed by atoms with Gasteiger partial charge in [-0.2, -0.15) is 0 Å². The van der Waals surface area contributed by atoms with Gasteiger partial charge in [0.1, 0.15) is 0 Å². The third kappa shape index (κ3) is 4.19. The minimum Gasteiger partial charge on any atom is -0.396 e. The number of carbonyl (C=O) groups excluding carboxylic acids is 1. The summed E-state index contributed by atoms with van der Waals surface area (Å²) in [5.74, 6) is -0.0843. The lowest BCUT2D eigenvalue weighted by Gasteiger charge is -2.31. The van der Waals surface area contributed by atoms with Gasteiger partial charge in [-0.3, -0.25) is 4.79 Å². The molecule has 0 aliphatic rings. The van der Waals surface area contributed by atoms with Crippen LogP contribution in [0, 0.1) is 5.41 Å². The van der Waals surface area contributed by atoms with Crippen molar-refractivity contribution in [2.45, 2.75) is 33.2 Å². The van der Waals surface area contributed by atoms with Gasteiger partial charge in [-0.15, -0.1) is 0 Å². The van der Waals surface area contributed by atoms with Crippen LogP contribution in [0.15, 0.2) is 30.3 Å². The molecule has 1 rings (SSSR count). The van der Waals surface area contributed by atoms with Crippen molar-refractivity contribution in [1.29, 1.82) is 0 Å². The van der Waals surface area contributed by atoms with E-state index >= 15 is 0 Å². The van der Waals surface area contributed by atoms with Crippen LogP contribution in [0.2, 0.25) is 0 Å². The number of aliphatic hydroxyl groups excluding tert-OH is 1. The number of rotatable bonds is 4. The highest BCUT2D eigenvalue weighted by Gasteiger charge is 2.25. The van der Waals surface area contributed by atoms with Gasteiger partial charge in [-0.25, -0.2) is 0 Å². The lowest BCUT2D eigenvalue weighted by Crippen LogP contribution is -2.44. The molecule has 0 saturated heterocycles. The Hall–Kier alpha value is -1.35. The molecule has 1 aromatic rings. The molecule has 1 amide bonds. The molecular formula is C14H21NO2. The summed E-state index contributed by atoms with van der Waals surface area (Å²) in [7, 11) is 0. The maximum atomic E-state index is 12.0. The maximum absolute atomic E-state index is 12.0. The largest absolute Gasteiger partial charge is 0.396 e. The Kier molecular flexibility index (Phi) is 4.70. The molecular weight excluding hydrogens is 214 g/mol. The SMILES string of the molecule is CC(C)(C)C(CCO)NC(=O)c1ccccc1. The standard InChI is InChI=1S/C14H21NO2/c1-14(2,3)12(9-10-16)15-13(17)11-7-5-4-6-8-11/h4-8,12,16H,9-10H2,1-3H3,(H,15,17). The first-order valence-electron chi connectivity index (χ1n) is 5.92. The van der Waals surface area contributed by atoms with Crippen LogP contribution < -0.4 is 5.32 Å². The van der Waals surface area contributed by atoms with E-state index < -0.39 is 0 Å². The summed E-state index contributed by atoms with van der Waals surface area (Å²) in [5.41, 5.74) is 0.590. The zero-order valence-corrected chi connectivity index (χ0v) is 10.7. The van der Waals surface area contributed by atoms with Crippen molar-refractivity contribution in [2.75, 3.05) is 6.61 Å². The van der Waals surface area contributed by atoms with Gasteiger partial charge in [-0.1, -0.05) is 39.0 Å².